The number of hydrogen-bond donors (Lipinski definition) is 1. The molecule has 2 unspecified atom stereocenters. The third-order valence-electron chi connectivity index (χ3n) is 4.47. The first kappa shape index (κ1) is 16.9. The van der Waals surface area contributed by atoms with E-state index in [4.69, 9.17) is 4.74 Å². The van der Waals surface area contributed by atoms with Crippen LogP contribution in [0.3, 0.4) is 0 Å². The predicted octanol–water partition coefficient (Wildman–Crippen LogP) is 2.90. The molecule has 19 heavy (non-hydrogen) atoms. The molecule has 0 aromatic carbocycles. The van der Waals surface area contributed by atoms with Gasteiger partial charge in [-0.1, -0.05) is 34.1 Å². The Labute approximate surface area is 120 Å². The van der Waals surface area contributed by atoms with Gasteiger partial charge < -0.3 is 10.1 Å². The molecule has 2 atom stereocenters. The summed E-state index contributed by atoms with van der Waals surface area (Å²) in [6.45, 7) is 16.6. The summed E-state index contributed by atoms with van der Waals surface area (Å²) in [5, 5.41) is 3.73. The van der Waals surface area contributed by atoms with Crippen molar-refractivity contribution >= 4 is 0 Å². The van der Waals surface area contributed by atoms with E-state index in [0.717, 1.165) is 32.8 Å². The van der Waals surface area contributed by atoms with E-state index in [0.29, 0.717) is 12.0 Å². The lowest BCUT2D eigenvalue weighted by Crippen LogP contribution is -2.64. The lowest BCUT2D eigenvalue weighted by Gasteiger charge is -2.47. The normalized spacial score (nSPS) is 29.1. The van der Waals surface area contributed by atoms with E-state index < -0.39 is 0 Å². The summed E-state index contributed by atoms with van der Waals surface area (Å²) in [5.74, 6) is 0.699. The van der Waals surface area contributed by atoms with Crippen molar-refractivity contribution in [2.75, 3.05) is 32.8 Å². The number of nitrogens with one attached hydrogen (secondary N) is 1. The minimum atomic E-state index is 0.273. The third-order valence-corrected chi connectivity index (χ3v) is 4.47. The van der Waals surface area contributed by atoms with Crippen LogP contribution < -0.4 is 5.32 Å². The van der Waals surface area contributed by atoms with Crippen molar-refractivity contribution in [1.29, 1.82) is 0 Å². The van der Waals surface area contributed by atoms with Crippen LogP contribution >= 0.6 is 0 Å². The Hall–Kier alpha value is -0.120. The first-order chi connectivity index (χ1) is 9.02. The van der Waals surface area contributed by atoms with E-state index in [9.17, 15) is 0 Å². The van der Waals surface area contributed by atoms with E-state index in [-0.39, 0.29) is 5.54 Å². The molecule has 0 aliphatic carbocycles. The molecular formula is C16H34N2O. The minimum absolute atomic E-state index is 0.273. The molecular weight excluding hydrogens is 236 g/mol. The van der Waals surface area contributed by atoms with Gasteiger partial charge in [0.2, 0.25) is 0 Å². The van der Waals surface area contributed by atoms with Crippen molar-refractivity contribution in [1.82, 2.24) is 10.2 Å². The van der Waals surface area contributed by atoms with Gasteiger partial charge in [0, 0.05) is 37.8 Å². The van der Waals surface area contributed by atoms with Gasteiger partial charge in [0.1, 0.15) is 0 Å². The van der Waals surface area contributed by atoms with E-state index in [1.807, 2.05) is 0 Å². The number of nitrogens with zero attached hydrogens (tertiary/aromatic N) is 1. The van der Waals surface area contributed by atoms with Gasteiger partial charge in [-0.25, -0.2) is 0 Å². The van der Waals surface area contributed by atoms with E-state index in [1.165, 1.54) is 19.3 Å². The highest BCUT2D eigenvalue weighted by molar-refractivity contribution is 4.95. The molecule has 1 aliphatic heterocycles. The maximum absolute atomic E-state index is 5.74. The molecule has 114 valence electrons. The van der Waals surface area contributed by atoms with Crippen LogP contribution in [0, 0.1) is 5.92 Å². The molecule has 0 saturated carbocycles. The molecule has 0 amide bonds. The Morgan fingerprint density at radius 2 is 2.05 bits per heavy atom. The molecule has 1 fully saturated rings. The zero-order valence-corrected chi connectivity index (χ0v) is 13.7. The van der Waals surface area contributed by atoms with Crippen LogP contribution in [0.4, 0.5) is 0 Å². The zero-order valence-electron chi connectivity index (χ0n) is 13.7. The van der Waals surface area contributed by atoms with Crippen LogP contribution in [0.25, 0.3) is 0 Å². The Balaban J connectivity index is 2.43. The maximum atomic E-state index is 5.74. The van der Waals surface area contributed by atoms with Gasteiger partial charge in [-0.15, -0.1) is 0 Å². The van der Waals surface area contributed by atoms with E-state index >= 15 is 0 Å². The third kappa shape index (κ3) is 5.41. The summed E-state index contributed by atoms with van der Waals surface area (Å²) in [6.07, 6.45) is 3.59. The Morgan fingerprint density at radius 3 is 2.63 bits per heavy atom. The van der Waals surface area contributed by atoms with E-state index in [1.54, 1.807) is 0 Å². The summed E-state index contributed by atoms with van der Waals surface area (Å²) in [4.78, 5) is 2.64. The van der Waals surface area contributed by atoms with Crippen molar-refractivity contribution in [3.63, 3.8) is 0 Å². The van der Waals surface area contributed by atoms with Crippen LogP contribution in [0.2, 0.25) is 0 Å². The number of piperazine rings is 1. The van der Waals surface area contributed by atoms with Crippen LogP contribution in [0.5, 0.6) is 0 Å². The predicted molar refractivity (Wildman–Crippen MR) is 82.6 cm³/mol. The monoisotopic (exact) mass is 270 g/mol. The van der Waals surface area contributed by atoms with Gasteiger partial charge in [-0.05, 0) is 25.7 Å². The van der Waals surface area contributed by atoms with Crippen molar-refractivity contribution < 1.29 is 4.74 Å². The largest absolute Gasteiger partial charge is 0.380 e. The lowest BCUT2D eigenvalue weighted by atomic mass is 9.90. The van der Waals surface area contributed by atoms with Gasteiger partial charge in [0.25, 0.3) is 0 Å². The second-order valence-electron chi connectivity index (χ2n) is 6.54. The molecule has 0 radical (unpaired) electrons. The molecule has 1 aliphatic rings. The van der Waals surface area contributed by atoms with Crippen molar-refractivity contribution in [3.05, 3.63) is 0 Å². The molecule has 1 rings (SSSR count). The highest BCUT2D eigenvalue weighted by Gasteiger charge is 2.35. The number of unbranched alkanes of at least 4 members (excludes halogenated alkanes) is 1. The first-order valence-corrected chi connectivity index (χ1v) is 8.09. The van der Waals surface area contributed by atoms with E-state index in [2.05, 4.69) is 44.8 Å². The Morgan fingerprint density at radius 1 is 1.32 bits per heavy atom. The molecule has 3 heteroatoms. The lowest BCUT2D eigenvalue weighted by molar-refractivity contribution is 0.0277. The molecule has 0 spiro atoms. The fourth-order valence-corrected chi connectivity index (χ4v) is 2.77. The van der Waals surface area contributed by atoms with Gasteiger partial charge in [-0.2, -0.15) is 0 Å². The highest BCUT2D eigenvalue weighted by Crippen LogP contribution is 2.22. The standard InChI is InChI=1S/C16H34N2O/c1-6-8-10-19-11-9-18-13-16(5,7-2)17-12-15(18)14(3)4/h14-15,17H,6-13H2,1-5H3. The van der Waals surface area contributed by atoms with Crippen molar-refractivity contribution in [2.24, 2.45) is 5.92 Å². The van der Waals surface area contributed by atoms with Crippen molar-refractivity contribution in [3.8, 4) is 0 Å². The second-order valence-corrected chi connectivity index (χ2v) is 6.54. The average Bonchev–Trinajstić information content (AvgIpc) is 2.38. The average molecular weight is 270 g/mol. The molecule has 0 bridgehead atoms. The van der Waals surface area contributed by atoms with Crippen molar-refractivity contribution in [2.45, 2.75) is 65.5 Å². The van der Waals surface area contributed by atoms with Gasteiger partial charge in [-0.3, -0.25) is 4.90 Å². The molecule has 0 aromatic rings. The molecule has 1 N–H and O–H groups in total. The smallest absolute Gasteiger partial charge is 0.0593 e. The first-order valence-electron chi connectivity index (χ1n) is 8.09. The minimum Gasteiger partial charge on any atom is -0.380 e. The quantitative estimate of drug-likeness (QED) is 0.686. The summed E-state index contributed by atoms with van der Waals surface area (Å²) in [5.41, 5.74) is 0.273. The SMILES string of the molecule is CCCCOCCN1CC(C)(CC)NCC1C(C)C. The number of hydrogen-bond acceptors (Lipinski definition) is 3. The highest BCUT2D eigenvalue weighted by atomic mass is 16.5. The molecule has 1 saturated heterocycles. The summed E-state index contributed by atoms with van der Waals surface area (Å²) in [7, 11) is 0. The Kier molecular flexibility index (Phi) is 7.33. The molecule has 3 nitrogen and oxygen atoms in total. The van der Waals surface area contributed by atoms with Crippen LogP contribution in [0.15, 0.2) is 0 Å². The Bertz CT molecular complexity index is 245. The van der Waals surface area contributed by atoms with Crippen LogP contribution in [-0.2, 0) is 4.74 Å². The van der Waals surface area contributed by atoms with Gasteiger partial charge >= 0.3 is 0 Å². The fourth-order valence-electron chi connectivity index (χ4n) is 2.77. The summed E-state index contributed by atoms with van der Waals surface area (Å²) >= 11 is 0. The summed E-state index contributed by atoms with van der Waals surface area (Å²) in [6, 6.07) is 0.648. The maximum Gasteiger partial charge on any atom is 0.0593 e. The van der Waals surface area contributed by atoms with Gasteiger partial charge in [0.05, 0.1) is 6.61 Å². The fraction of sp³-hybridized carbons (Fsp3) is 1.00. The second kappa shape index (κ2) is 8.23. The summed E-state index contributed by atoms with van der Waals surface area (Å²) < 4.78 is 5.74. The number of rotatable bonds is 8. The van der Waals surface area contributed by atoms with Crippen LogP contribution in [0.1, 0.15) is 53.9 Å². The van der Waals surface area contributed by atoms with Gasteiger partial charge in [0.15, 0.2) is 0 Å². The zero-order chi connectivity index (χ0) is 14.3. The molecule has 0 aromatic heterocycles. The molecule has 1 heterocycles. The van der Waals surface area contributed by atoms with Crippen LogP contribution in [-0.4, -0.2) is 49.3 Å². The number of ether oxygens (including phenoxy) is 1. The topological polar surface area (TPSA) is 24.5 Å².